The quantitative estimate of drug-likeness (QED) is 0.320. The number of ether oxygens (including phenoxy) is 3. The molecule has 1 aromatic carbocycles. The fourth-order valence-corrected chi connectivity index (χ4v) is 3.96. The first-order valence-corrected chi connectivity index (χ1v) is 13.3. The molecule has 3 N–H and O–H groups in total. The highest BCUT2D eigenvalue weighted by Gasteiger charge is 2.39. The molecule has 1 fully saturated rings. The van der Waals surface area contributed by atoms with Crippen LogP contribution in [0.2, 0.25) is 0 Å². The Kier molecular flexibility index (Phi) is 11.5. The largest absolute Gasteiger partial charge is 0.459 e. The van der Waals surface area contributed by atoms with E-state index in [1.165, 1.54) is 9.80 Å². The third-order valence-corrected chi connectivity index (χ3v) is 5.70. The summed E-state index contributed by atoms with van der Waals surface area (Å²) in [6.45, 7) is 9.88. The van der Waals surface area contributed by atoms with Crippen LogP contribution in [0.1, 0.15) is 59.9 Å². The Morgan fingerprint density at radius 3 is 2.23 bits per heavy atom. The summed E-state index contributed by atoms with van der Waals surface area (Å²) in [5.74, 6) is -2.19. The summed E-state index contributed by atoms with van der Waals surface area (Å²) in [4.78, 5) is 66.0. The minimum Gasteiger partial charge on any atom is -0.459 e. The van der Waals surface area contributed by atoms with Gasteiger partial charge in [-0.25, -0.2) is 4.79 Å². The lowest BCUT2D eigenvalue weighted by molar-refractivity contribution is -0.163. The molecular formula is C28H42N4O8. The Hall–Kier alpha value is -3.67. The van der Waals surface area contributed by atoms with Crippen molar-refractivity contribution < 1.29 is 38.2 Å². The van der Waals surface area contributed by atoms with Crippen molar-refractivity contribution in [2.45, 2.75) is 84.3 Å². The van der Waals surface area contributed by atoms with E-state index in [9.17, 15) is 24.0 Å². The van der Waals surface area contributed by atoms with E-state index in [0.29, 0.717) is 0 Å². The van der Waals surface area contributed by atoms with Crippen LogP contribution in [0.5, 0.6) is 0 Å². The number of esters is 2. The molecule has 1 saturated heterocycles. The number of benzene rings is 1. The number of rotatable bonds is 10. The van der Waals surface area contributed by atoms with Gasteiger partial charge in [-0.1, -0.05) is 30.3 Å². The predicted octanol–water partition coefficient (Wildman–Crippen LogP) is 1.74. The molecule has 3 amide bonds. The minimum atomic E-state index is -1.02. The molecule has 2 atom stereocenters. The Bertz CT molecular complexity index is 1050. The van der Waals surface area contributed by atoms with E-state index in [0.717, 1.165) is 5.56 Å². The zero-order valence-electron chi connectivity index (χ0n) is 24.2. The summed E-state index contributed by atoms with van der Waals surface area (Å²) in [5.41, 5.74) is 5.35. The zero-order chi connectivity index (χ0) is 30.1. The van der Waals surface area contributed by atoms with Crippen molar-refractivity contribution in [2.75, 3.05) is 26.2 Å². The number of nitrogens with zero attached hydrogens (tertiary/aromatic N) is 2. The molecule has 0 spiro atoms. The van der Waals surface area contributed by atoms with Gasteiger partial charge >= 0.3 is 18.0 Å². The maximum atomic E-state index is 13.4. The summed E-state index contributed by atoms with van der Waals surface area (Å²) in [5, 5.41) is 2.41. The zero-order valence-corrected chi connectivity index (χ0v) is 24.2. The molecule has 0 aromatic heterocycles. The van der Waals surface area contributed by atoms with Crippen molar-refractivity contribution in [3.8, 4) is 0 Å². The number of hydrogen-bond acceptors (Lipinski definition) is 9. The second-order valence-corrected chi connectivity index (χ2v) is 11.6. The van der Waals surface area contributed by atoms with Gasteiger partial charge in [-0.2, -0.15) is 0 Å². The van der Waals surface area contributed by atoms with Gasteiger partial charge in [0, 0.05) is 13.1 Å². The lowest BCUT2D eigenvalue weighted by atomic mass is 10.0. The fourth-order valence-electron chi connectivity index (χ4n) is 3.96. The Balaban J connectivity index is 2.05. The monoisotopic (exact) mass is 562 g/mol. The van der Waals surface area contributed by atoms with Gasteiger partial charge in [0.15, 0.2) is 0 Å². The summed E-state index contributed by atoms with van der Waals surface area (Å²) in [7, 11) is 0. The Labute approximate surface area is 235 Å². The number of hydrogen-bond donors (Lipinski definition) is 2. The fraction of sp³-hybridized carbons (Fsp3) is 0.607. The van der Waals surface area contributed by atoms with Crippen LogP contribution in [0, 0.1) is 0 Å². The maximum absolute atomic E-state index is 13.4. The number of amides is 3. The standard InChI is InChI=1S/C28H42N4O8/c1-27(2,3)39-23(34)17-31-14-15-32(21(24(31)35)13-12-20(29)25(36)40-28(4,5)6)22(33)16-30-26(37)38-18-19-10-8-7-9-11-19/h7-11,20-21H,12-18,29H2,1-6H3,(H,30,37)/t20?,21-/m0/s1. The Morgan fingerprint density at radius 2 is 1.62 bits per heavy atom. The number of nitrogens with two attached hydrogens (primary N) is 1. The first kappa shape index (κ1) is 32.5. The van der Waals surface area contributed by atoms with Gasteiger partial charge in [-0.15, -0.1) is 0 Å². The highest BCUT2D eigenvalue weighted by Crippen LogP contribution is 2.19. The summed E-state index contributed by atoms with van der Waals surface area (Å²) in [6, 6.07) is 7.05. The lowest BCUT2D eigenvalue weighted by Gasteiger charge is -2.40. The van der Waals surface area contributed by atoms with Gasteiger partial charge < -0.3 is 35.1 Å². The molecule has 1 aliphatic heterocycles. The summed E-state index contributed by atoms with van der Waals surface area (Å²) < 4.78 is 15.8. The van der Waals surface area contributed by atoms with Gasteiger partial charge in [0.1, 0.15) is 43.0 Å². The van der Waals surface area contributed by atoms with Crippen LogP contribution in [0.15, 0.2) is 30.3 Å². The van der Waals surface area contributed by atoms with Crippen molar-refractivity contribution >= 4 is 29.8 Å². The molecule has 0 radical (unpaired) electrons. The van der Waals surface area contributed by atoms with E-state index in [1.807, 2.05) is 18.2 Å². The van der Waals surface area contributed by atoms with Crippen LogP contribution in [0.4, 0.5) is 4.79 Å². The maximum Gasteiger partial charge on any atom is 0.407 e. The minimum absolute atomic E-state index is 0.0356. The summed E-state index contributed by atoms with van der Waals surface area (Å²) >= 11 is 0. The Morgan fingerprint density at radius 1 is 1.00 bits per heavy atom. The number of piperazine rings is 1. The molecule has 2 rings (SSSR count). The van der Waals surface area contributed by atoms with E-state index in [4.69, 9.17) is 19.9 Å². The van der Waals surface area contributed by atoms with Gasteiger partial charge in [0.25, 0.3) is 0 Å². The molecule has 0 aliphatic carbocycles. The molecule has 12 heteroatoms. The van der Waals surface area contributed by atoms with E-state index in [1.54, 1.807) is 53.7 Å². The first-order chi connectivity index (χ1) is 18.6. The number of nitrogens with one attached hydrogen (secondary N) is 1. The predicted molar refractivity (Wildman–Crippen MR) is 146 cm³/mol. The van der Waals surface area contributed by atoms with Crippen LogP contribution in [0.25, 0.3) is 0 Å². The molecular weight excluding hydrogens is 520 g/mol. The second kappa shape index (κ2) is 14.1. The number of carbonyl (C=O) groups excluding carboxylic acids is 5. The highest BCUT2D eigenvalue weighted by molar-refractivity contribution is 5.92. The average molecular weight is 563 g/mol. The van der Waals surface area contributed by atoms with Gasteiger partial charge in [-0.05, 0) is 59.9 Å². The molecule has 0 bridgehead atoms. The molecule has 40 heavy (non-hydrogen) atoms. The summed E-state index contributed by atoms with van der Waals surface area (Å²) in [6.07, 6.45) is -0.675. The molecule has 1 unspecified atom stereocenters. The van der Waals surface area contributed by atoms with Crippen molar-refractivity contribution in [3.63, 3.8) is 0 Å². The van der Waals surface area contributed by atoms with Crippen molar-refractivity contribution in [1.82, 2.24) is 15.1 Å². The van der Waals surface area contributed by atoms with Gasteiger partial charge in [-0.3, -0.25) is 19.2 Å². The van der Waals surface area contributed by atoms with Crippen LogP contribution in [0.3, 0.4) is 0 Å². The molecule has 1 aliphatic rings. The van der Waals surface area contributed by atoms with E-state index >= 15 is 0 Å². The third-order valence-electron chi connectivity index (χ3n) is 5.70. The molecule has 1 heterocycles. The first-order valence-electron chi connectivity index (χ1n) is 13.3. The van der Waals surface area contributed by atoms with Crippen molar-refractivity contribution in [2.24, 2.45) is 5.73 Å². The van der Waals surface area contributed by atoms with E-state index in [2.05, 4.69) is 5.32 Å². The topological polar surface area (TPSA) is 158 Å². The van der Waals surface area contributed by atoms with Gasteiger partial charge in [0.05, 0.1) is 0 Å². The van der Waals surface area contributed by atoms with Crippen molar-refractivity contribution in [1.29, 1.82) is 0 Å². The third kappa shape index (κ3) is 11.2. The smallest absolute Gasteiger partial charge is 0.407 e. The molecule has 222 valence electrons. The van der Waals surface area contributed by atoms with Crippen molar-refractivity contribution in [3.05, 3.63) is 35.9 Å². The normalized spacial score (nSPS) is 16.7. The molecule has 1 aromatic rings. The lowest BCUT2D eigenvalue weighted by Crippen LogP contribution is -2.61. The van der Waals surface area contributed by atoms with Crippen LogP contribution >= 0.6 is 0 Å². The molecule has 0 saturated carbocycles. The van der Waals surface area contributed by atoms with Gasteiger partial charge in [0.2, 0.25) is 11.8 Å². The number of alkyl carbamates (subject to hydrolysis) is 1. The average Bonchev–Trinajstić information content (AvgIpc) is 2.84. The van der Waals surface area contributed by atoms with Crippen LogP contribution in [-0.4, -0.2) is 89.1 Å². The van der Waals surface area contributed by atoms with E-state index < -0.39 is 59.7 Å². The second-order valence-electron chi connectivity index (χ2n) is 11.6. The van der Waals surface area contributed by atoms with Crippen LogP contribution < -0.4 is 11.1 Å². The highest BCUT2D eigenvalue weighted by atomic mass is 16.6. The number of carbonyl (C=O) groups is 5. The molecule has 12 nitrogen and oxygen atoms in total. The van der Waals surface area contributed by atoms with Crippen LogP contribution in [-0.2, 0) is 40.0 Å². The SMILES string of the molecule is CC(C)(C)OC(=O)CN1CCN(C(=O)CNC(=O)OCc2ccccc2)[C@@H](CCC(N)C(=O)OC(C)(C)C)C1=O. The van der Waals surface area contributed by atoms with E-state index in [-0.39, 0.29) is 39.1 Å².